The molecule has 7 nitrogen and oxygen atoms in total. The molecule has 36 heavy (non-hydrogen) atoms. The second kappa shape index (κ2) is 10.5. The zero-order chi connectivity index (χ0) is 25.1. The molecule has 2 aromatic carbocycles. The first-order chi connectivity index (χ1) is 17.4. The van der Waals surface area contributed by atoms with Gasteiger partial charge in [-0.25, -0.2) is 13.4 Å². The van der Waals surface area contributed by atoms with Gasteiger partial charge in [0.05, 0.1) is 5.69 Å². The Bertz CT molecular complexity index is 1510. The van der Waals surface area contributed by atoms with Crippen molar-refractivity contribution in [1.29, 1.82) is 0 Å². The van der Waals surface area contributed by atoms with Crippen LogP contribution >= 0.6 is 11.6 Å². The lowest BCUT2D eigenvalue weighted by atomic mass is 9.99. The molecule has 2 radical (unpaired) electrons. The van der Waals surface area contributed by atoms with Crippen molar-refractivity contribution in [1.82, 2.24) is 18.9 Å². The molecule has 1 aliphatic heterocycles. The van der Waals surface area contributed by atoms with Crippen molar-refractivity contribution in [2.75, 3.05) is 25.0 Å². The van der Waals surface area contributed by atoms with Crippen molar-refractivity contribution in [2.45, 2.75) is 12.8 Å². The first-order valence-electron chi connectivity index (χ1n) is 11.8. The molecular formula is C26H25BClN5O2S. The third-order valence-electron chi connectivity index (χ3n) is 6.29. The lowest BCUT2D eigenvalue weighted by Crippen LogP contribution is -2.41. The van der Waals surface area contributed by atoms with E-state index in [-0.39, 0.29) is 5.92 Å². The van der Waals surface area contributed by atoms with E-state index in [1.807, 2.05) is 60.7 Å². The van der Waals surface area contributed by atoms with E-state index in [0.29, 0.717) is 41.5 Å². The van der Waals surface area contributed by atoms with Crippen LogP contribution < -0.4 is 10.8 Å². The predicted molar refractivity (Wildman–Crippen MR) is 146 cm³/mol. The molecule has 2 aromatic heterocycles. The van der Waals surface area contributed by atoms with E-state index in [1.165, 1.54) is 5.41 Å². The third kappa shape index (κ3) is 5.33. The number of aromatic nitrogens is 3. The van der Waals surface area contributed by atoms with Crippen LogP contribution in [0.15, 0.2) is 72.3 Å². The van der Waals surface area contributed by atoms with E-state index < -0.39 is 10.0 Å². The molecule has 4 aromatic rings. The highest BCUT2D eigenvalue weighted by Gasteiger charge is 2.27. The Morgan fingerprint density at radius 3 is 2.72 bits per heavy atom. The van der Waals surface area contributed by atoms with Crippen LogP contribution in [0.3, 0.4) is 0 Å². The normalized spacial score (nSPS) is 17.1. The minimum absolute atomic E-state index is 0.138. The molecule has 10 heteroatoms. The fourth-order valence-corrected chi connectivity index (χ4v) is 5.94. The molecule has 0 saturated carbocycles. The van der Waals surface area contributed by atoms with Gasteiger partial charge in [-0.2, -0.15) is 13.9 Å². The number of nitrogens with one attached hydrogen (secondary N) is 1. The summed E-state index contributed by atoms with van der Waals surface area (Å²) >= 11 is 6.42. The zero-order valence-electron chi connectivity index (χ0n) is 19.6. The fourth-order valence-electron chi connectivity index (χ4n) is 4.40. The maximum Gasteiger partial charge on any atom is 0.236 e. The highest BCUT2D eigenvalue weighted by Crippen LogP contribution is 2.29. The number of fused-ring (bicyclic) bond motifs is 1. The monoisotopic (exact) mass is 517 g/mol. The second-order valence-corrected chi connectivity index (χ2v) is 11.1. The predicted octanol–water partition coefficient (Wildman–Crippen LogP) is 3.97. The molecule has 5 rings (SSSR count). The number of piperidine rings is 1. The van der Waals surface area contributed by atoms with Crippen molar-refractivity contribution in [3.63, 3.8) is 0 Å². The van der Waals surface area contributed by atoms with Gasteiger partial charge in [-0.1, -0.05) is 60.1 Å². The number of benzene rings is 2. The smallest absolute Gasteiger partial charge is 0.236 e. The molecule has 0 aliphatic carbocycles. The van der Waals surface area contributed by atoms with Gasteiger partial charge >= 0.3 is 0 Å². The quantitative estimate of drug-likeness (QED) is 0.375. The van der Waals surface area contributed by atoms with Crippen LogP contribution in [0.2, 0.25) is 5.02 Å². The largest absolute Gasteiger partial charge is 0.370 e. The number of anilines is 1. The summed E-state index contributed by atoms with van der Waals surface area (Å²) in [7, 11) is 2.61. The Labute approximate surface area is 217 Å². The van der Waals surface area contributed by atoms with Gasteiger partial charge in [0, 0.05) is 47.9 Å². The lowest BCUT2D eigenvalue weighted by molar-refractivity contribution is 0.277. The number of sulfonamides is 1. The molecule has 1 atom stereocenters. The highest BCUT2D eigenvalue weighted by atomic mass is 35.5. The summed E-state index contributed by atoms with van der Waals surface area (Å²) in [6, 6.07) is 18.8. The summed E-state index contributed by atoms with van der Waals surface area (Å²) in [6.45, 7) is 1.54. The molecular weight excluding hydrogens is 493 g/mol. The van der Waals surface area contributed by atoms with E-state index in [2.05, 4.69) is 15.4 Å². The Balaban J connectivity index is 1.33. The van der Waals surface area contributed by atoms with Crippen molar-refractivity contribution in [3.05, 3.63) is 82.9 Å². The molecule has 1 aliphatic rings. The fraction of sp³-hybridized carbons (Fsp3) is 0.231. The summed E-state index contributed by atoms with van der Waals surface area (Å²) < 4.78 is 29.1. The summed E-state index contributed by atoms with van der Waals surface area (Å²) in [6.07, 6.45) is 4.94. The van der Waals surface area contributed by atoms with Gasteiger partial charge in [-0.15, -0.1) is 0 Å². The van der Waals surface area contributed by atoms with E-state index >= 15 is 0 Å². The van der Waals surface area contributed by atoms with Crippen LogP contribution in [-0.4, -0.2) is 54.8 Å². The summed E-state index contributed by atoms with van der Waals surface area (Å²) in [5, 5.41) is 9.71. The van der Waals surface area contributed by atoms with Crippen molar-refractivity contribution in [3.8, 4) is 11.3 Å². The van der Waals surface area contributed by atoms with Crippen LogP contribution in [0.25, 0.3) is 23.0 Å². The lowest BCUT2D eigenvalue weighted by Gasteiger charge is -2.31. The van der Waals surface area contributed by atoms with Gasteiger partial charge in [0.1, 0.15) is 13.7 Å². The van der Waals surface area contributed by atoms with Crippen molar-refractivity contribution in [2.24, 2.45) is 5.92 Å². The van der Waals surface area contributed by atoms with E-state index in [4.69, 9.17) is 19.4 Å². The number of hydrogen-bond donors (Lipinski definition) is 1. The molecule has 1 N–H and O–H groups in total. The first-order valence-corrected chi connectivity index (χ1v) is 13.6. The Morgan fingerprint density at radius 2 is 1.92 bits per heavy atom. The minimum atomic E-state index is -3.51. The van der Waals surface area contributed by atoms with Gasteiger partial charge in [-0.3, -0.25) is 0 Å². The summed E-state index contributed by atoms with van der Waals surface area (Å²) in [4.78, 5) is 4.67. The van der Waals surface area contributed by atoms with Crippen LogP contribution in [0, 0.1) is 5.92 Å². The molecule has 1 fully saturated rings. The van der Waals surface area contributed by atoms with Gasteiger partial charge in [-0.05, 0) is 41.9 Å². The summed E-state index contributed by atoms with van der Waals surface area (Å²) in [5.41, 5.74) is 3.33. The van der Waals surface area contributed by atoms with Gasteiger partial charge in [0.15, 0.2) is 5.65 Å². The topological polar surface area (TPSA) is 79.6 Å². The van der Waals surface area contributed by atoms with E-state index in [0.717, 1.165) is 29.8 Å². The minimum Gasteiger partial charge on any atom is -0.370 e. The Hall–Kier alpha value is -3.14. The first kappa shape index (κ1) is 24.6. The molecule has 0 amide bonds. The molecule has 3 heterocycles. The average Bonchev–Trinajstić information content (AvgIpc) is 3.28. The van der Waals surface area contributed by atoms with E-state index in [9.17, 15) is 8.42 Å². The van der Waals surface area contributed by atoms with Crippen LogP contribution in [-0.2, 0) is 10.0 Å². The summed E-state index contributed by atoms with van der Waals surface area (Å²) in [5.74, 6) is 0.856. The molecule has 182 valence electrons. The SMILES string of the molecule is [B]c1cnn2c(NCC3CCCN(S(=O)(=O)/C=C/c4ccccc4)C3)cc(-c3ccccc3Cl)nc12. The van der Waals surface area contributed by atoms with Crippen LogP contribution in [0.5, 0.6) is 0 Å². The molecule has 1 saturated heterocycles. The van der Waals surface area contributed by atoms with Gasteiger partial charge in [0.25, 0.3) is 0 Å². The Kier molecular flexibility index (Phi) is 7.14. The zero-order valence-corrected chi connectivity index (χ0v) is 21.2. The van der Waals surface area contributed by atoms with Gasteiger partial charge in [0.2, 0.25) is 10.0 Å². The number of nitrogens with zero attached hydrogens (tertiary/aromatic N) is 4. The average molecular weight is 518 g/mol. The van der Waals surface area contributed by atoms with Crippen molar-refractivity contribution >= 4 is 52.5 Å². The van der Waals surface area contributed by atoms with Crippen LogP contribution in [0.4, 0.5) is 5.82 Å². The number of hydrogen-bond acceptors (Lipinski definition) is 5. The molecule has 0 bridgehead atoms. The standard InChI is InChI=1S/C26H25BClN5O2S/c27-22-17-30-33-25(15-24(31-26(22)33)21-10-4-5-11-23(21)28)29-16-20-9-6-13-32(18-20)36(34,35)14-12-19-7-2-1-3-8-19/h1-5,7-8,10-12,14-15,17,20,29H,6,9,13,16,18H2/b14-12+. The Morgan fingerprint density at radius 1 is 1.14 bits per heavy atom. The van der Waals surface area contributed by atoms with Crippen molar-refractivity contribution < 1.29 is 8.42 Å². The maximum absolute atomic E-state index is 13.0. The number of halogens is 1. The van der Waals surface area contributed by atoms with Crippen LogP contribution in [0.1, 0.15) is 18.4 Å². The molecule has 1 unspecified atom stereocenters. The number of rotatable bonds is 7. The second-order valence-electron chi connectivity index (χ2n) is 8.85. The highest BCUT2D eigenvalue weighted by molar-refractivity contribution is 7.92. The third-order valence-corrected chi connectivity index (χ3v) is 8.16. The van der Waals surface area contributed by atoms with E-state index in [1.54, 1.807) is 21.1 Å². The molecule has 0 spiro atoms. The maximum atomic E-state index is 13.0. The van der Waals surface area contributed by atoms with Gasteiger partial charge < -0.3 is 5.32 Å².